The smallest absolute Gasteiger partial charge is 0.273 e. The van der Waals surface area contributed by atoms with Crippen molar-refractivity contribution in [3.8, 4) is 0 Å². The molecule has 1 unspecified atom stereocenters. The summed E-state index contributed by atoms with van der Waals surface area (Å²) in [5, 5.41) is 12.5. The first-order chi connectivity index (χ1) is 11.7. The first kappa shape index (κ1) is 16.2. The van der Waals surface area contributed by atoms with Gasteiger partial charge in [0.2, 0.25) is 5.89 Å². The third-order valence-electron chi connectivity index (χ3n) is 3.81. The van der Waals surface area contributed by atoms with Crippen LogP contribution in [0.15, 0.2) is 41.1 Å². The summed E-state index contributed by atoms with van der Waals surface area (Å²) >= 11 is 0. The Morgan fingerprint density at radius 2 is 2.25 bits per heavy atom. The first-order valence-electron chi connectivity index (χ1n) is 7.84. The number of carbonyl (C=O) groups is 1. The SMILES string of the molecule is NC(Cc1c[nH]c2ccccc12)c1nc(C(=O)NCCCO)co1. The molecule has 0 saturated heterocycles. The molecule has 0 fully saturated rings. The van der Waals surface area contributed by atoms with Crippen LogP contribution in [0.2, 0.25) is 0 Å². The second kappa shape index (κ2) is 7.29. The van der Waals surface area contributed by atoms with Crippen molar-refractivity contribution in [2.45, 2.75) is 18.9 Å². The number of fused-ring (bicyclic) bond motifs is 1. The van der Waals surface area contributed by atoms with E-state index < -0.39 is 6.04 Å². The van der Waals surface area contributed by atoms with E-state index in [4.69, 9.17) is 15.3 Å². The lowest BCUT2D eigenvalue weighted by Crippen LogP contribution is -2.25. The van der Waals surface area contributed by atoms with Gasteiger partial charge in [-0.3, -0.25) is 4.79 Å². The predicted octanol–water partition coefficient (Wildman–Crippen LogP) is 1.51. The number of H-pyrrole nitrogens is 1. The monoisotopic (exact) mass is 328 g/mol. The van der Waals surface area contributed by atoms with Gasteiger partial charge in [0.15, 0.2) is 5.69 Å². The molecule has 5 N–H and O–H groups in total. The molecule has 1 aromatic carbocycles. The van der Waals surface area contributed by atoms with E-state index in [2.05, 4.69) is 15.3 Å². The number of aromatic amines is 1. The molecular formula is C17H20N4O3. The molecule has 7 heteroatoms. The minimum atomic E-state index is -0.441. The molecule has 1 amide bonds. The Balaban J connectivity index is 1.67. The summed E-state index contributed by atoms with van der Waals surface area (Å²) in [6.45, 7) is 0.415. The fourth-order valence-corrected chi connectivity index (χ4v) is 2.56. The highest BCUT2D eigenvalue weighted by atomic mass is 16.3. The standard InChI is InChI=1S/C17H20N4O3/c18-13(8-11-9-20-14-5-2-1-4-12(11)14)17-21-15(10-24-17)16(23)19-6-3-7-22/h1-2,4-5,9-10,13,20,22H,3,6-8,18H2,(H,19,23). The molecule has 3 aromatic rings. The Hall–Kier alpha value is -2.64. The van der Waals surface area contributed by atoms with Crippen LogP contribution in [-0.2, 0) is 6.42 Å². The summed E-state index contributed by atoms with van der Waals surface area (Å²) in [4.78, 5) is 19.3. The third kappa shape index (κ3) is 3.47. The fraction of sp³-hybridized carbons (Fsp3) is 0.294. The number of amides is 1. The van der Waals surface area contributed by atoms with E-state index in [-0.39, 0.29) is 18.2 Å². The molecule has 2 aromatic heterocycles. The van der Waals surface area contributed by atoms with Gasteiger partial charge in [-0.15, -0.1) is 0 Å². The van der Waals surface area contributed by atoms with Gasteiger partial charge in [-0.25, -0.2) is 4.98 Å². The summed E-state index contributed by atoms with van der Waals surface area (Å²) in [5.74, 6) is -0.00895. The number of nitrogens with zero attached hydrogens (tertiary/aromatic N) is 1. The van der Waals surface area contributed by atoms with Crippen LogP contribution in [0.4, 0.5) is 0 Å². The minimum absolute atomic E-state index is 0.0276. The van der Waals surface area contributed by atoms with E-state index in [1.807, 2.05) is 30.5 Å². The van der Waals surface area contributed by atoms with Crippen molar-refractivity contribution >= 4 is 16.8 Å². The van der Waals surface area contributed by atoms with Crippen LogP contribution in [0.5, 0.6) is 0 Å². The number of rotatable bonds is 7. The fourth-order valence-electron chi connectivity index (χ4n) is 2.56. The summed E-state index contributed by atoms with van der Waals surface area (Å²) in [6.07, 6.45) is 4.28. The maximum atomic E-state index is 11.9. The highest BCUT2D eigenvalue weighted by molar-refractivity contribution is 5.91. The molecule has 0 aliphatic rings. The van der Waals surface area contributed by atoms with Gasteiger partial charge < -0.3 is 25.6 Å². The van der Waals surface area contributed by atoms with E-state index in [0.717, 1.165) is 16.5 Å². The molecule has 0 bridgehead atoms. The lowest BCUT2D eigenvalue weighted by Gasteiger charge is -2.06. The highest BCUT2D eigenvalue weighted by Gasteiger charge is 2.18. The van der Waals surface area contributed by atoms with Gasteiger partial charge in [-0.1, -0.05) is 18.2 Å². The van der Waals surface area contributed by atoms with Gasteiger partial charge in [-0.05, 0) is 24.5 Å². The number of hydrogen-bond donors (Lipinski definition) is 4. The van der Waals surface area contributed by atoms with Crippen LogP contribution in [0.3, 0.4) is 0 Å². The lowest BCUT2D eigenvalue weighted by molar-refractivity contribution is 0.0946. The van der Waals surface area contributed by atoms with E-state index in [1.165, 1.54) is 6.26 Å². The normalized spacial score (nSPS) is 12.4. The largest absolute Gasteiger partial charge is 0.446 e. The summed E-state index contributed by atoms with van der Waals surface area (Å²) in [7, 11) is 0. The van der Waals surface area contributed by atoms with Crippen LogP contribution >= 0.6 is 0 Å². The van der Waals surface area contributed by atoms with Crippen molar-refractivity contribution in [2.75, 3.05) is 13.2 Å². The molecule has 0 radical (unpaired) electrons. The van der Waals surface area contributed by atoms with Crippen molar-refractivity contribution in [1.29, 1.82) is 0 Å². The van der Waals surface area contributed by atoms with E-state index in [1.54, 1.807) is 0 Å². The molecule has 126 valence electrons. The second-order valence-corrected chi connectivity index (χ2v) is 5.57. The zero-order chi connectivity index (χ0) is 16.9. The average Bonchev–Trinajstić information content (AvgIpc) is 3.23. The molecule has 0 saturated carbocycles. The van der Waals surface area contributed by atoms with Crippen LogP contribution in [0, 0.1) is 0 Å². The molecule has 3 rings (SSSR count). The summed E-state index contributed by atoms with van der Waals surface area (Å²) < 4.78 is 5.36. The van der Waals surface area contributed by atoms with Gasteiger partial charge in [0.1, 0.15) is 6.26 Å². The quantitative estimate of drug-likeness (QED) is 0.490. The number of benzene rings is 1. The molecule has 0 aliphatic heterocycles. The Bertz CT molecular complexity index is 824. The summed E-state index contributed by atoms with van der Waals surface area (Å²) in [5.41, 5.74) is 8.50. The molecule has 7 nitrogen and oxygen atoms in total. The van der Waals surface area contributed by atoms with Gasteiger partial charge >= 0.3 is 0 Å². The minimum Gasteiger partial charge on any atom is -0.446 e. The maximum absolute atomic E-state index is 11.9. The van der Waals surface area contributed by atoms with Crippen LogP contribution < -0.4 is 11.1 Å². The number of carbonyl (C=O) groups excluding carboxylic acids is 1. The van der Waals surface area contributed by atoms with Gasteiger partial charge in [-0.2, -0.15) is 0 Å². The topological polar surface area (TPSA) is 117 Å². The predicted molar refractivity (Wildman–Crippen MR) is 89.5 cm³/mol. The van der Waals surface area contributed by atoms with Gasteiger partial charge in [0.25, 0.3) is 5.91 Å². The van der Waals surface area contributed by atoms with Gasteiger partial charge in [0, 0.05) is 30.3 Å². The Kier molecular flexibility index (Phi) is 4.93. The lowest BCUT2D eigenvalue weighted by atomic mass is 10.1. The van der Waals surface area contributed by atoms with Crippen molar-refractivity contribution in [1.82, 2.24) is 15.3 Å². The first-order valence-corrected chi connectivity index (χ1v) is 7.84. The third-order valence-corrected chi connectivity index (χ3v) is 3.81. The number of para-hydroxylation sites is 1. The molecule has 1 atom stereocenters. The molecule has 24 heavy (non-hydrogen) atoms. The number of aliphatic hydroxyl groups is 1. The number of nitrogens with one attached hydrogen (secondary N) is 2. The Morgan fingerprint density at radius 3 is 3.08 bits per heavy atom. The highest BCUT2D eigenvalue weighted by Crippen LogP contribution is 2.23. The van der Waals surface area contributed by atoms with Crippen LogP contribution in [0.1, 0.15) is 34.4 Å². The van der Waals surface area contributed by atoms with Crippen LogP contribution in [0.25, 0.3) is 10.9 Å². The van der Waals surface area contributed by atoms with Crippen LogP contribution in [-0.4, -0.2) is 34.1 Å². The molecule has 0 spiro atoms. The number of nitrogens with two attached hydrogens (primary N) is 1. The van der Waals surface area contributed by atoms with Crippen molar-refractivity contribution in [3.63, 3.8) is 0 Å². The zero-order valence-electron chi connectivity index (χ0n) is 13.2. The Labute approximate surface area is 138 Å². The average molecular weight is 328 g/mol. The van der Waals surface area contributed by atoms with Crippen molar-refractivity contribution < 1.29 is 14.3 Å². The second-order valence-electron chi connectivity index (χ2n) is 5.57. The van der Waals surface area contributed by atoms with E-state index in [0.29, 0.717) is 25.3 Å². The Morgan fingerprint density at radius 1 is 1.42 bits per heavy atom. The number of aliphatic hydroxyl groups excluding tert-OH is 1. The zero-order valence-corrected chi connectivity index (χ0v) is 13.2. The van der Waals surface area contributed by atoms with Crippen molar-refractivity contribution in [2.24, 2.45) is 5.73 Å². The molecule has 0 aliphatic carbocycles. The number of oxazole rings is 1. The maximum Gasteiger partial charge on any atom is 0.273 e. The molecule has 2 heterocycles. The van der Waals surface area contributed by atoms with Crippen molar-refractivity contribution in [3.05, 3.63) is 53.9 Å². The number of hydrogen-bond acceptors (Lipinski definition) is 5. The number of aromatic nitrogens is 2. The van der Waals surface area contributed by atoms with E-state index >= 15 is 0 Å². The van der Waals surface area contributed by atoms with E-state index in [9.17, 15) is 4.79 Å². The molecular weight excluding hydrogens is 308 g/mol. The van der Waals surface area contributed by atoms with Gasteiger partial charge in [0.05, 0.1) is 6.04 Å². The summed E-state index contributed by atoms with van der Waals surface area (Å²) in [6, 6.07) is 7.54.